The van der Waals surface area contributed by atoms with Crippen molar-refractivity contribution >= 4 is 0 Å². The summed E-state index contributed by atoms with van der Waals surface area (Å²) in [6, 6.07) is 13.4. The molecule has 0 amide bonds. The Labute approximate surface area is 557 Å². The smallest absolute Gasteiger partial charge is 0.0392 e. The van der Waals surface area contributed by atoms with E-state index >= 15 is 0 Å². The molecule has 0 heteroatoms. The number of rotatable bonds is 0. The van der Waals surface area contributed by atoms with Gasteiger partial charge >= 0.3 is 0 Å². The first-order valence-corrected chi connectivity index (χ1v) is 33.5. The summed E-state index contributed by atoms with van der Waals surface area (Å²) in [5.41, 5.74) is 60.3. The number of benzene rings is 8. The lowest BCUT2D eigenvalue weighted by Gasteiger charge is -2.15. The lowest BCUT2D eigenvalue weighted by molar-refractivity contribution is 1.13. The third-order valence-electron chi connectivity index (χ3n) is 23.1. The van der Waals surface area contributed by atoms with E-state index in [-0.39, 0.29) is 0 Å². The van der Waals surface area contributed by atoms with Crippen LogP contribution in [0.5, 0.6) is 0 Å². The summed E-state index contributed by atoms with van der Waals surface area (Å²) < 4.78 is 0. The fourth-order valence-electron chi connectivity index (χ4n) is 12.1. The summed E-state index contributed by atoms with van der Waals surface area (Å²) in [7, 11) is 0. The van der Waals surface area contributed by atoms with Gasteiger partial charge in [0.1, 0.15) is 0 Å². The highest BCUT2D eigenvalue weighted by Crippen LogP contribution is 2.29. The topological polar surface area (TPSA) is 0 Å². The van der Waals surface area contributed by atoms with E-state index in [0.29, 0.717) is 0 Å². The molecule has 0 aromatic heterocycles. The van der Waals surface area contributed by atoms with E-state index in [0.717, 1.165) is 0 Å². The van der Waals surface area contributed by atoms with Crippen molar-refractivity contribution in [3.63, 3.8) is 0 Å². The maximum absolute atomic E-state index is 2.26. The van der Waals surface area contributed by atoms with Gasteiger partial charge in [0.25, 0.3) is 0 Å². The monoisotopic (exact) mass is 1210 g/mol. The molecule has 0 aliphatic heterocycles. The van der Waals surface area contributed by atoms with Crippen LogP contribution in [0.3, 0.4) is 0 Å². The van der Waals surface area contributed by atoms with Gasteiger partial charge in [-0.3, -0.25) is 0 Å². The van der Waals surface area contributed by atoms with Gasteiger partial charge in [0.05, 0.1) is 0 Å². The largest absolute Gasteiger partial charge is 0.0561 e. The van der Waals surface area contributed by atoms with Gasteiger partial charge in [-0.05, 0) is 513 Å². The molecule has 0 saturated heterocycles. The van der Waals surface area contributed by atoms with Crippen molar-refractivity contribution < 1.29 is 0 Å². The van der Waals surface area contributed by atoms with E-state index < -0.39 is 0 Å². The Morgan fingerprint density at radius 3 is 0.267 bits per heavy atom. The Morgan fingerprint density at radius 2 is 0.167 bits per heavy atom. The van der Waals surface area contributed by atoms with Crippen molar-refractivity contribution in [2.75, 3.05) is 0 Å². The average molecular weight is 1210 g/mol. The summed E-state index contributed by atoms with van der Waals surface area (Å²) in [5, 5.41) is 0. The van der Waals surface area contributed by atoms with Gasteiger partial charge in [-0.2, -0.15) is 0 Å². The summed E-state index contributed by atoms with van der Waals surface area (Å²) in [6.07, 6.45) is 0. The molecule has 0 unspecified atom stereocenters. The van der Waals surface area contributed by atoms with Crippen LogP contribution in [0.25, 0.3) is 0 Å². The lowest BCUT2D eigenvalue weighted by atomic mass is 9.90. The molecular weight excluding hydrogens is 1080 g/mol. The van der Waals surface area contributed by atoms with Gasteiger partial charge in [0.15, 0.2) is 0 Å². The fraction of sp³-hybridized carbons (Fsp3) is 0.467. The van der Waals surface area contributed by atoms with Crippen molar-refractivity contribution in [3.05, 3.63) is 270 Å². The first-order chi connectivity index (χ1) is 41.1. The van der Waals surface area contributed by atoms with Crippen molar-refractivity contribution in [1.29, 1.82) is 0 Å². The second-order valence-corrected chi connectivity index (χ2v) is 27.8. The van der Waals surface area contributed by atoms with Crippen LogP contribution in [0.4, 0.5) is 0 Å². The zero-order chi connectivity index (χ0) is 70.5. The molecule has 0 fully saturated rings. The van der Waals surface area contributed by atoms with Crippen LogP contribution in [0.15, 0.2) is 36.4 Å². The van der Waals surface area contributed by atoms with E-state index in [4.69, 9.17) is 0 Å². The molecule has 90 heavy (non-hydrogen) atoms. The molecule has 8 aromatic carbocycles. The van der Waals surface area contributed by atoms with E-state index in [9.17, 15) is 0 Å². The maximum atomic E-state index is 2.26. The normalized spacial score (nSPS) is 10.3. The molecule has 492 valence electrons. The van der Waals surface area contributed by atoms with Crippen LogP contribution in [0, 0.1) is 291 Å². The van der Waals surface area contributed by atoms with E-state index in [2.05, 4.69) is 327 Å². The number of hydrogen-bond donors (Lipinski definition) is 0. The highest BCUT2D eigenvalue weighted by molar-refractivity contribution is 5.52. The SMILES string of the molecule is Cc1c(C)c(C)c(C)c(C)c1C.Cc1c(C)c(C)c(C)c(C)c1C.Cc1c(C)c(C)c(C)c(C)c1C.Cc1c(C)c(C)c(C)c(C)c1C.Cc1cc(C)c(C)c(C)c1.Cc1cc(C)c(C)c(C)c1.Cc1cc(C)c(C)c(C)c1C.Cc1cc(C)c(C)c(C)c1C. The number of hydrogen-bond acceptors (Lipinski definition) is 0. The van der Waals surface area contributed by atoms with E-state index in [1.807, 2.05) is 0 Å². The predicted octanol–water partition coefficient (Wildman–Crippen LogP) is 26.4. The molecular formula is C90H132. The minimum absolute atomic E-state index is 1.36. The first kappa shape index (κ1) is 81.8. The Bertz CT molecular complexity index is 2940. The third-order valence-corrected chi connectivity index (χ3v) is 23.1. The summed E-state index contributed by atoms with van der Waals surface area (Å²) in [5.74, 6) is 0. The van der Waals surface area contributed by atoms with Crippen molar-refractivity contribution in [1.82, 2.24) is 0 Å². The predicted molar refractivity (Wildman–Crippen MR) is 410 cm³/mol. The summed E-state index contributed by atoms with van der Waals surface area (Å²) in [6.45, 7) is 92.2. The molecule has 0 aliphatic carbocycles. The molecule has 8 rings (SSSR count). The van der Waals surface area contributed by atoms with E-state index in [1.165, 1.54) is 234 Å². The highest BCUT2D eigenvalue weighted by atomic mass is 14.2. The zero-order valence-corrected chi connectivity index (χ0v) is 66.5. The standard InChI is InChI=1S/4C12H18.2C11H16.2C10H14/c4*1-7-8(2)10(4)12(6)11(5)9(7)3;2*1-7-6-8(2)10(4)11(5)9(7)3;2*1-7-5-8(2)10(4)9(3)6-7/h4*1-6H3;2*6H,1-5H3;2*5-6H,1-4H3. The quantitative estimate of drug-likeness (QED) is 0.142. The molecule has 0 spiro atoms. The van der Waals surface area contributed by atoms with Gasteiger partial charge in [-0.15, -0.1) is 0 Å². The molecule has 0 aliphatic rings. The molecule has 0 heterocycles. The highest BCUT2D eigenvalue weighted by Gasteiger charge is 2.12. The van der Waals surface area contributed by atoms with Crippen LogP contribution < -0.4 is 0 Å². The minimum Gasteiger partial charge on any atom is -0.0561 e. The van der Waals surface area contributed by atoms with Crippen molar-refractivity contribution in [2.45, 2.75) is 291 Å². The molecule has 0 N–H and O–H groups in total. The van der Waals surface area contributed by atoms with Gasteiger partial charge < -0.3 is 0 Å². The summed E-state index contributed by atoms with van der Waals surface area (Å²) in [4.78, 5) is 0. The Hall–Kier alpha value is -6.24. The second-order valence-electron chi connectivity index (χ2n) is 27.8. The number of aryl methyl sites for hydroxylation is 10. The fourth-order valence-corrected chi connectivity index (χ4v) is 12.1. The van der Waals surface area contributed by atoms with Crippen LogP contribution in [0.1, 0.15) is 234 Å². The molecule has 0 atom stereocenters. The van der Waals surface area contributed by atoms with Crippen LogP contribution >= 0.6 is 0 Å². The molecule has 0 saturated carbocycles. The molecule has 0 radical (unpaired) electrons. The Morgan fingerprint density at radius 1 is 0.0889 bits per heavy atom. The second kappa shape index (κ2) is 35.0. The minimum atomic E-state index is 1.36. The maximum Gasteiger partial charge on any atom is -0.0392 e. The van der Waals surface area contributed by atoms with Crippen LogP contribution in [0.2, 0.25) is 0 Å². The van der Waals surface area contributed by atoms with Gasteiger partial charge in [0, 0.05) is 0 Å². The molecule has 0 nitrogen and oxygen atoms in total. The lowest BCUT2D eigenvalue weighted by Crippen LogP contribution is -1.98. The van der Waals surface area contributed by atoms with Gasteiger partial charge in [-0.1, -0.05) is 47.5 Å². The Kier molecular flexibility index (Phi) is 31.8. The third kappa shape index (κ3) is 20.4. The van der Waals surface area contributed by atoms with Crippen LogP contribution in [-0.4, -0.2) is 0 Å². The van der Waals surface area contributed by atoms with Crippen molar-refractivity contribution in [2.24, 2.45) is 0 Å². The average Bonchev–Trinajstić information content (AvgIpc) is 0.991. The van der Waals surface area contributed by atoms with Crippen LogP contribution in [-0.2, 0) is 0 Å². The Balaban J connectivity index is 0.000000515. The van der Waals surface area contributed by atoms with Gasteiger partial charge in [-0.25, -0.2) is 0 Å². The van der Waals surface area contributed by atoms with E-state index in [1.54, 1.807) is 0 Å². The molecule has 0 bridgehead atoms. The van der Waals surface area contributed by atoms with Crippen molar-refractivity contribution in [3.8, 4) is 0 Å². The molecule has 8 aromatic rings. The summed E-state index contributed by atoms with van der Waals surface area (Å²) >= 11 is 0. The first-order valence-electron chi connectivity index (χ1n) is 33.5. The zero-order valence-electron chi connectivity index (χ0n) is 66.5. The van der Waals surface area contributed by atoms with Gasteiger partial charge in [0.2, 0.25) is 0 Å².